The number of nitrogens with zero attached hydrogens (tertiary/aromatic N) is 1. The predicted molar refractivity (Wildman–Crippen MR) is 100 cm³/mol. The minimum Gasteiger partial charge on any atom is -0.406 e. The quantitative estimate of drug-likeness (QED) is 0.700. The van der Waals surface area contributed by atoms with Crippen LogP contribution in [0, 0.1) is 0 Å². The van der Waals surface area contributed by atoms with Gasteiger partial charge in [-0.15, -0.1) is 13.2 Å². The number of halogens is 3. The third-order valence-electron chi connectivity index (χ3n) is 4.65. The Balaban J connectivity index is 1.68. The van der Waals surface area contributed by atoms with E-state index in [4.69, 9.17) is 0 Å². The van der Waals surface area contributed by atoms with Gasteiger partial charge in [0, 0.05) is 5.69 Å². The van der Waals surface area contributed by atoms with E-state index in [0.717, 1.165) is 17.0 Å². The van der Waals surface area contributed by atoms with Gasteiger partial charge in [-0.05, 0) is 36.2 Å². The molecule has 1 unspecified atom stereocenters. The standard InChI is InChI=1S/C20H18F3N3O4/c1-2-19(13-6-4-3-5-7-13)17(28)26(18(29)25-19)12-16(27)24-14-8-10-15(11-9-14)30-20(21,22)23/h3-11H,2,12H2,1H3,(H,24,27)(H,25,29). The first-order valence-corrected chi connectivity index (χ1v) is 9.00. The Morgan fingerprint density at radius 2 is 1.73 bits per heavy atom. The topological polar surface area (TPSA) is 87.7 Å². The molecule has 2 aromatic rings. The van der Waals surface area contributed by atoms with Gasteiger partial charge in [-0.2, -0.15) is 0 Å². The molecule has 2 N–H and O–H groups in total. The number of hydrogen-bond donors (Lipinski definition) is 2. The Kier molecular flexibility index (Phi) is 5.68. The second kappa shape index (κ2) is 8.05. The molecule has 10 heteroatoms. The Bertz CT molecular complexity index is 948. The van der Waals surface area contributed by atoms with E-state index in [1.807, 2.05) is 0 Å². The largest absolute Gasteiger partial charge is 0.573 e. The average molecular weight is 421 g/mol. The van der Waals surface area contributed by atoms with Crippen molar-refractivity contribution in [3.05, 3.63) is 60.2 Å². The van der Waals surface area contributed by atoms with E-state index in [9.17, 15) is 27.6 Å². The van der Waals surface area contributed by atoms with Crippen molar-refractivity contribution in [2.24, 2.45) is 0 Å². The molecule has 0 aliphatic carbocycles. The number of anilines is 1. The fraction of sp³-hybridized carbons (Fsp3) is 0.250. The molecule has 3 rings (SSSR count). The Morgan fingerprint density at radius 1 is 1.10 bits per heavy atom. The second-order valence-corrected chi connectivity index (χ2v) is 6.57. The average Bonchev–Trinajstić information content (AvgIpc) is 2.94. The lowest BCUT2D eigenvalue weighted by molar-refractivity contribution is -0.274. The predicted octanol–water partition coefficient (Wildman–Crippen LogP) is 3.38. The summed E-state index contributed by atoms with van der Waals surface area (Å²) in [6.07, 6.45) is -4.53. The first-order valence-electron chi connectivity index (χ1n) is 9.00. The number of rotatable bonds is 6. The highest BCUT2D eigenvalue weighted by atomic mass is 19.4. The highest BCUT2D eigenvalue weighted by Gasteiger charge is 2.51. The summed E-state index contributed by atoms with van der Waals surface area (Å²) in [4.78, 5) is 38.5. The van der Waals surface area contributed by atoms with Crippen LogP contribution in [-0.2, 0) is 15.1 Å². The Hall–Kier alpha value is -3.56. The number of hydrogen-bond acceptors (Lipinski definition) is 4. The number of nitrogens with one attached hydrogen (secondary N) is 2. The maximum absolute atomic E-state index is 13.0. The third kappa shape index (κ3) is 4.37. The van der Waals surface area contributed by atoms with Crippen molar-refractivity contribution in [3.8, 4) is 5.75 Å². The Labute approximate surface area is 169 Å². The van der Waals surface area contributed by atoms with Gasteiger partial charge in [-0.25, -0.2) is 4.79 Å². The van der Waals surface area contributed by atoms with E-state index in [0.29, 0.717) is 12.0 Å². The van der Waals surface area contributed by atoms with E-state index in [1.165, 1.54) is 12.1 Å². The molecular formula is C20H18F3N3O4. The van der Waals surface area contributed by atoms with Crippen LogP contribution >= 0.6 is 0 Å². The summed E-state index contributed by atoms with van der Waals surface area (Å²) < 4.78 is 40.4. The summed E-state index contributed by atoms with van der Waals surface area (Å²) in [5.41, 5.74) is -0.463. The fourth-order valence-electron chi connectivity index (χ4n) is 3.22. The summed E-state index contributed by atoms with van der Waals surface area (Å²) in [7, 11) is 0. The molecule has 4 amide bonds. The lowest BCUT2D eigenvalue weighted by Gasteiger charge is -2.25. The normalized spacial score (nSPS) is 18.9. The van der Waals surface area contributed by atoms with Gasteiger partial charge in [0.25, 0.3) is 5.91 Å². The van der Waals surface area contributed by atoms with Crippen molar-refractivity contribution >= 4 is 23.5 Å². The summed E-state index contributed by atoms with van der Waals surface area (Å²) in [5.74, 6) is -1.67. The van der Waals surface area contributed by atoms with Crippen LogP contribution in [0.15, 0.2) is 54.6 Å². The molecule has 2 aromatic carbocycles. The van der Waals surface area contributed by atoms with Gasteiger partial charge in [0.2, 0.25) is 5.91 Å². The molecule has 30 heavy (non-hydrogen) atoms. The van der Waals surface area contributed by atoms with Gasteiger partial charge < -0.3 is 15.4 Å². The smallest absolute Gasteiger partial charge is 0.406 e. The molecular weight excluding hydrogens is 403 g/mol. The maximum atomic E-state index is 13.0. The van der Waals surface area contributed by atoms with Crippen molar-refractivity contribution in [1.82, 2.24) is 10.2 Å². The number of urea groups is 1. The van der Waals surface area contributed by atoms with Gasteiger partial charge >= 0.3 is 12.4 Å². The second-order valence-electron chi connectivity index (χ2n) is 6.57. The van der Waals surface area contributed by atoms with Crippen LogP contribution in [-0.4, -0.2) is 35.7 Å². The van der Waals surface area contributed by atoms with Crippen molar-refractivity contribution in [2.45, 2.75) is 25.2 Å². The molecule has 1 atom stereocenters. The van der Waals surface area contributed by atoms with Gasteiger partial charge in [0.1, 0.15) is 17.8 Å². The van der Waals surface area contributed by atoms with Crippen LogP contribution in [0.25, 0.3) is 0 Å². The van der Waals surface area contributed by atoms with Crippen molar-refractivity contribution in [2.75, 3.05) is 11.9 Å². The summed E-state index contributed by atoms with van der Waals surface area (Å²) >= 11 is 0. The minimum absolute atomic E-state index is 0.186. The highest BCUT2D eigenvalue weighted by Crippen LogP contribution is 2.32. The Morgan fingerprint density at radius 3 is 2.30 bits per heavy atom. The SMILES string of the molecule is CCC1(c2ccccc2)NC(=O)N(CC(=O)Nc2ccc(OC(F)(F)F)cc2)C1=O. The fourth-order valence-corrected chi connectivity index (χ4v) is 3.22. The van der Waals surface area contributed by atoms with Crippen LogP contribution < -0.4 is 15.4 Å². The lowest BCUT2D eigenvalue weighted by atomic mass is 9.87. The third-order valence-corrected chi connectivity index (χ3v) is 4.65. The number of carbonyl (C=O) groups is 3. The van der Waals surface area contributed by atoms with Gasteiger partial charge in [-0.3, -0.25) is 14.5 Å². The number of imide groups is 1. The number of ether oxygens (including phenoxy) is 1. The van der Waals surface area contributed by atoms with Crippen LogP contribution in [0.4, 0.5) is 23.7 Å². The number of carbonyl (C=O) groups excluding carboxylic acids is 3. The van der Waals surface area contributed by atoms with Crippen LogP contribution in [0.3, 0.4) is 0 Å². The molecule has 1 aliphatic rings. The van der Waals surface area contributed by atoms with Crippen molar-refractivity contribution in [1.29, 1.82) is 0 Å². The monoisotopic (exact) mass is 421 g/mol. The van der Waals surface area contributed by atoms with Crippen LogP contribution in [0.5, 0.6) is 5.75 Å². The number of alkyl halides is 3. The highest BCUT2D eigenvalue weighted by molar-refractivity contribution is 6.10. The molecule has 0 spiro atoms. The molecule has 0 saturated carbocycles. The molecule has 1 saturated heterocycles. The zero-order valence-electron chi connectivity index (χ0n) is 15.8. The molecule has 1 fully saturated rings. The molecule has 7 nitrogen and oxygen atoms in total. The van der Waals surface area contributed by atoms with E-state index < -0.39 is 42.0 Å². The van der Waals surface area contributed by atoms with E-state index in [2.05, 4.69) is 15.4 Å². The summed E-state index contributed by atoms with van der Waals surface area (Å²) in [5, 5.41) is 5.10. The number of amides is 4. The summed E-state index contributed by atoms with van der Waals surface area (Å²) in [6.45, 7) is 1.21. The van der Waals surface area contributed by atoms with E-state index in [-0.39, 0.29) is 5.69 Å². The lowest BCUT2D eigenvalue weighted by Crippen LogP contribution is -2.44. The summed E-state index contributed by atoms with van der Waals surface area (Å²) in [6, 6.07) is 12.5. The molecule has 0 bridgehead atoms. The maximum Gasteiger partial charge on any atom is 0.573 e. The van der Waals surface area contributed by atoms with Gasteiger partial charge in [0.15, 0.2) is 0 Å². The van der Waals surface area contributed by atoms with Gasteiger partial charge in [-0.1, -0.05) is 37.3 Å². The molecule has 1 aliphatic heterocycles. The first kappa shape index (κ1) is 21.2. The molecule has 158 valence electrons. The molecule has 0 radical (unpaired) electrons. The number of benzene rings is 2. The van der Waals surface area contributed by atoms with E-state index in [1.54, 1.807) is 37.3 Å². The molecule has 1 heterocycles. The molecule has 0 aromatic heterocycles. The minimum atomic E-state index is -4.82. The van der Waals surface area contributed by atoms with Crippen LogP contribution in [0.1, 0.15) is 18.9 Å². The zero-order valence-corrected chi connectivity index (χ0v) is 15.8. The first-order chi connectivity index (χ1) is 14.1. The van der Waals surface area contributed by atoms with E-state index >= 15 is 0 Å². The zero-order chi connectivity index (χ0) is 21.9. The van der Waals surface area contributed by atoms with Crippen molar-refractivity contribution in [3.63, 3.8) is 0 Å². The van der Waals surface area contributed by atoms with Gasteiger partial charge in [0.05, 0.1) is 0 Å². The van der Waals surface area contributed by atoms with Crippen LogP contribution in [0.2, 0.25) is 0 Å². The van der Waals surface area contributed by atoms with Crippen molar-refractivity contribution < 1.29 is 32.3 Å².